The Labute approximate surface area is 690 Å². The minimum atomic E-state index is 1.10. The summed E-state index contributed by atoms with van der Waals surface area (Å²) < 4.78 is 9.83. The van der Waals surface area contributed by atoms with E-state index >= 15 is 0 Å². The van der Waals surface area contributed by atoms with Crippen molar-refractivity contribution in [1.29, 1.82) is 0 Å². The first-order valence-corrected chi connectivity index (χ1v) is 41.6. The molecular formula is C116H70N4. The number of hydrogen-bond acceptors (Lipinski definition) is 0. The fourth-order valence-corrected chi connectivity index (χ4v) is 20.9. The summed E-state index contributed by atoms with van der Waals surface area (Å²) in [6.45, 7) is 0. The van der Waals surface area contributed by atoms with E-state index in [4.69, 9.17) is 0 Å². The topological polar surface area (TPSA) is 19.7 Å². The van der Waals surface area contributed by atoms with Gasteiger partial charge in [-0.25, -0.2) is 0 Å². The first-order valence-electron chi connectivity index (χ1n) is 41.6. The van der Waals surface area contributed by atoms with Crippen molar-refractivity contribution in [2.24, 2.45) is 0 Å². The summed E-state index contributed by atoms with van der Waals surface area (Å²) in [4.78, 5) is 0. The minimum Gasteiger partial charge on any atom is -0.309 e. The van der Waals surface area contributed by atoms with Crippen molar-refractivity contribution < 1.29 is 0 Å². The minimum absolute atomic E-state index is 1.10. The van der Waals surface area contributed by atoms with Gasteiger partial charge in [0.2, 0.25) is 0 Å². The second kappa shape index (κ2) is 25.8. The average Bonchev–Trinajstić information content (AvgIpc) is 1.14. The van der Waals surface area contributed by atoms with Gasteiger partial charge < -0.3 is 18.3 Å². The molecule has 554 valence electrons. The number of para-hydroxylation sites is 4. The molecule has 4 heterocycles. The lowest BCUT2D eigenvalue weighted by Crippen LogP contribution is -1.95. The van der Waals surface area contributed by atoms with Crippen molar-refractivity contribution in [3.05, 3.63) is 425 Å². The largest absolute Gasteiger partial charge is 0.309 e. The summed E-state index contributed by atoms with van der Waals surface area (Å²) in [5.41, 5.74) is 25.6. The van der Waals surface area contributed by atoms with E-state index in [0.29, 0.717) is 0 Å². The van der Waals surface area contributed by atoms with Crippen molar-refractivity contribution in [2.45, 2.75) is 0 Å². The van der Waals surface area contributed by atoms with E-state index in [9.17, 15) is 0 Å². The number of fused-ring (bicyclic) bond motifs is 28. The third kappa shape index (κ3) is 9.82. The van der Waals surface area contributed by atoms with E-state index in [1.165, 1.54) is 190 Å². The molecule has 0 radical (unpaired) electrons. The van der Waals surface area contributed by atoms with Crippen molar-refractivity contribution in [3.8, 4) is 78.4 Å². The van der Waals surface area contributed by atoms with E-state index in [-0.39, 0.29) is 0 Å². The second-order valence-electron chi connectivity index (χ2n) is 32.5. The zero-order valence-electron chi connectivity index (χ0n) is 65.2. The van der Waals surface area contributed by atoms with Gasteiger partial charge in [0.05, 0.1) is 44.1 Å². The first kappa shape index (κ1) is 66.4. The molecule has 0 amide bonds. The van der Waals surface area contributed by atoms with Gasteiger partial charge in [0, 0.05) is 65.8 Å². The lowest BCUT2D eigenvalue weighted by molar-refractivity contribution is 1.18. The highest BCUT2D eigenvalue weighted by atomic mass is 15.0. The van der Waals surface area contributed by atoms with Crippen molar-refractivity contribution in [2.75, 3.05) is 0 Å². The molecule has 0 atom stereocenters. The van der Waals surface area contributed by atoms with Gasteiger partial charge in [0.1, 0.15) is 0 Å². The van der Waals surface area contributed by atoms with Gasteiger partial charge in [-0.3, -0.25) is 0 Å². The third-order valence-electron chi connectivity index (χ3n) is 26.3. The van der Waals surface area contributed by atoms with E-state index in [0.717, 1.165) is 61.5 Å². The van der Waals surface area contributed by atoms with Crippen molar-refractivity contribution >= 4 is 173 Å². The van der Waals surface area contributed by atoms with Crippen molar-refractivity contribution in [1.82, 2.24) is 18.3 Å². The fourth-order valence-electron chi connectivity index (χ4n) is 20.9. The molecule has 120 heavy (non-hydrogen) atoms. The van der Waals surface area contributed by atoms with Crippen LogP contribution in [0.2, 0.25) is 0 Å². The molecular weight excluding hydrogens is 1450 g/mol. The van der Waals surface area contributed by atoms with Gasteiger partial charge in [-0.05, 0) is 275 Å². The zero-order chi connectivity index (χ0) is 78.4. The highest BCUT2D eigenvalue weighted by Gasteiger charge is 2.24. The summed E-state index contributed by atoms with van der Waals surface area (Å²) in [6.07, 6.45) is 0. The van der Waals surface area contributed by atoms with Crippen LogP contribution < -0.4 is 0 Å². The van der Waals surface area contributed by atoms with E-state index in [1.807, 2.05) is 0 Å². The molecule has 0 aliphatic rings. The van der Waals surface area contributed by atoms with Crippen LogP contribution in [0.15, 0.2) is 425 Å². The quantitative estimate of drug-likeness (QED) is 0.128. The molecule has 0 saturated heterocycles. The monoisotopic (exact) mass is 1520 g/mol. The molecule has 0 unspecified atom stereocenters. The van der Waals surface area contributed by atoms with Gasteiger partial charge in [-0.2, -0.15) is 0 Å². The smallest absolute Gasteiger partial charge is 0.0547 e. The van der Waals surface area contributed by atoms with Crippen LogP contribution >= 0.6 is 0 Å². The Balaban J connectivity index is 0.608. The fraction of sp³-hybridized carbons (Fsp3) is 0. The SMILES string of the molecule is c1ccc(-n2c3ccccc3c3cc(-c4ccc5c(c4)c4ccc(-c6ccc7c8cc(-c9ccc%10c(c9)c9ccccc9n%10-c9ccc(-c%10cc%11c%12ccccc%12c%12ccccc%12c%11c%11ccccc%10%11)cc9)ccc8n(-c8ccccc8)c7c6)cc4n5-c4cccc(-c5cc6c7ccccc7c7ccccc7c6c6ccccc56)c4)ccc32)cc1. The standard InChI is InChI=1S/C116H70N4/c1-3-25-79(26-4-1)117-107-44-21-19-38-91(107)101-63-72(50-58-109(101)117)75-53-61-112-104(66-75)94-57-49-77(68-114(94)120(112)82-29-23-24-78(62-82)100-70-106-88-35-10-8-31-84(88)86-33-12-16-41-96(86)116(106)98-43-18-14-37-90(98)100)76-48-56-93-103-65-74(52-60-111(103)119(113(93)67-76)80-27-5-2-6-28-80)73-51-59-110-102(64-73)92-39-20-22-45-108(92)118(110)81-54-46-71(47-55-81)99-69-105-87-34-9-7-30-83(87)85-32-11-15-40-95(85)115(105)97-42-17-13-36-89(97)99/h1-70H. The van der Waals surface area contributed by atoms with E-state index in [2.05, 4.69) is 443 Å². The maximum absolute atomic E-state index is 2.52. The Morgan fingerprint density at radius 1 is 0.108 bits per heavy atom. The molecule has 0 N–H and O–H groups in total. The number of nitrogens with zero attached hydrogens (tertiary/aromatic N) is 4. The van der Waals surface area contributed by atoms with Crippen LogP contribution in [0.25, 0.3) is 252 Å². The predicted octanol–water partition coefficient (Wildman–Crippen LogP) is 31.6. The van der Waals surface area contributed by atoms with Gasteiger partial charge >= 0.3 is 0 Å². The van der Waals surface area contributed by atoms with Crippen LogP contribution in [0, 0.1) is 0 Å². The molecule has 0 saturated carbocycles. The highest BCUT2D eigenvalue weighted by Crippen LogP contribution is 2.49. The lowest BCUT2D eigenvalue weighted by atomic mass is 9.87. The lowest BCUT2D eigenvalue weighted by Gasteiger charge is -2.17. The molecule has 0 fully saturated rings. The Morgan fingerprint density at radius 2 is 0.367 bits per heavy atom. The summed E-state index contributed by atoms with van der Waals surface area (Å²) in [5, 5.41) is 30.1. The average molecular weight is 1520 g/mol. The van der Waals surface area contributed by atoms with Crippen LogP contribution in [0.4, 0.5) is 0 Å². The molecule has 22 aromatic carbocycles. The van der Waals surface area contributed by atoms with Gasteiger partial charge in [-0.15, -0.1) is 0 Å². The summed E-state index contributed by atoms with van der Waals surface area (Å²) in [6, 6.07) is 159. The third-order valence-corrected chi connectivity index (χ3v) is 26.3. The van der Waals surface area contributed by atoms with Gasteiger partial charge in [0.25, 0.3) is 0 Å². The van der Waals surface area contributed by atoms with Crippen molar-refractivity contribution in [3.63, 3.8) is 0 Å². The number of benzene rings is 22. The molecule has 0 bridgehead atoms. The Bertz CT molecular complexity index is 8900. The van der Waals surface area contributed by atoms with E-state index in [1.54, 1.807) is 0 Å². The number of hydrogen-bond donors (Lipinski definition) is 0. The molecule has 4 nitrogen and oxygen atoms in total. The van der Waals surface area contributed by atoms with Crippen LogP contribution in [0.5, 0.6) is 0 Å². The maximum atomic E-state index is 2.52. The van der Waals surface area contributed by atoms with Crippen LogP contribution in [0.1, 0.15) is 0 Å². The number of aromatic nitrogens is 4. The summed E-state index contributed by atoms with van der Waals surface area (Å²) >= 11 is 0. The second-order valence-corrected chi connectivity index (χ2v) is 32.5. The molecule has 4 aromatic heterocycles. The van der Waals surface area contributed by atoms with Crippen LogP contribution in [-0.2, 0) is 0 Å². The molecule has 26 aromatic rings. The molecule has 0 spiro atoms. The Hall–Kier alpha value is -15.9. The zero-order valence-corrected chi connectivity index (χ0v) is 65.2. The Morgan fingerprint density at radius 3 is 0.775 bits per heavy atom. The highest BCUT2D eigenvalue weighted by molar-refractivity contribution is 6.35. The first-order chi connectivity index (χ1) is 59.5. The summed E-state index contributed by atoms with van der Waals surface area (Å²) in [5.74, 6) is 0. The predicted molar refractivity (Wildman–Crippen MR) is 511 cm³/mol. The summed E-state index contributed by atoms with van der Waals surface area (Å²) in [7, 11) is 0. The molecule has 26 rings (SSSR count). The van der Waals surface area contributed by atoms with E-state index < -0.39 is 0 Å². The van der Waals surface area contributed by atoms with Crippen LogP contribution in [-0.4, -0.2) is 18.3 Å². The maximum Gasteiger partial charge on any atom is 0.0547 e. The van der Waals surface area contributed by atoms with Gasteiger partial charge in [-0.1, -0.05) is 291 Å². The molecule has 4 heteroatoms. The van der Waals surface area contributed by atoms with Crippen LogP contribution in [0.3, 0.4) is 0 Å². The molecule has 0 aliphatic heterocycles. The number of rotatable bonds is 9. The normalized spacial score (nSPS) is 12.2. The van der Waals surface area contributed by atoms with Gasteiger partial charge in [0.15, 0.2) is 0 Å². The molecule has 0 aliphatic carbocycles. The Kier molecular flexibility index (Phi) is 14.3.